The average Bonchev–Trinajstić information content (AvgIpc) is 1.23. The van der Waals surface area contributed by atoms with Gasteiger partial charge in [-0.05, 0) is 25.7 Å². The molecule has 7 heavy (non-hydrogen) atoms. The van der Waals surface area contributed by atoms with Crippen LogP contribution in [0.1, 0.15) is 19.3 Å². The smallest absolute Gasteiger partial charge is 0.0364 e. The lowest BCUT2D eigenvalue weighted by atomic mass is 9.83. The Balaban J connectivity index is 2.14. The van der Waals surface area contributed by atoms with Crippen LogP contribution in [-0.2, 0) is 0 Å². The molecule has 0 saturated heterocycles. The molecule has 1 radical (unpaired) electrons. The summed E-state index contributed by atoms with van der Waals surface area (Å²) in [5.74, 6) is 0.738. The molecular weight excluding hydrogens is 108 g/mol. The van der Waals surface area contributed by atoms with Gasteiger partial charge in [-0.15, -0.1) is 11.6 Å². The second-order valence-electron chi connectivity index (χ2n) is 2.21. The fourth-order valence-corrected chi connectivity index (χ4v) is 1.05. The van der Waals surface area contributed by atoms with E-state index in [9.17, 15) is 0 Å². The molecule has 1 rings (SSSR count). The Morgan fingerprint density at radius 1 is 1.57 bits per heavy atom. The van der Waals surface area contributed by atoms with E-state index in [2.05, 4.69) is 6.92 Å². The maximum atomic E-state index is 5.67. The topological polar surface area (TPSA) is 0 Å². The van der Waals surface area contributed by atoms with Gasteiger partial charge in [0.15, 0.2) is 0 Å². The van der Waals surface area contributed by atoms with E-state index in [1.807, 2.05) is 0 Å². The minimum Gasteiger partial charge on any atom is -0.123 e. The summed E-state index contributed by atoms with van der Waals surface area (Å²) in [5.41, 5.74) is 0. The van der Waals surface area contributed by atoms with Crippen molar-refractivity contribution < 1.29 is 0 Å². The van der Waals surface area contributed by atoms with E-state index in [0.717, 1.165) is 5.92 Å². The Hall–Kier alpha value is 0.290. The van der Waals surface area contributed by atoms with Crippen molar-refractivity contribution in [2.75, 3.05) is 0 Å². The maximum absolute atomic E-state index is 5.67. The van der Waals surface area contributed by atoms with Crippen LogP contribution in [0, 0.1) is 12.8 Å². The van der Waals surface area contributed by atoms with Crippen molar-refractivity contribution in [3.8, 4) is 0 Å². The third kappa shape index (κ3) is 1.09. The van der Waals surface area contributed by atoms with Crippen LogP contribution in [0.5, 0.6) is 0 Å². The van der Waals surface area contributed by atoms with Crippen molar-refractivity contribution in [3.63, 3.8) is 0 Å². The Morgan fingerprint density at radius 3 is 2.14 bits per heavy atom. The first-order valence-corrected chi connectivity index (χ1v) is 3.21. The Morgan fingerprint density at radius 2 is 2.14 bits per heavy atom. The van der Waals surface area contributed by atoms with Crippen LogP contribution in [0.15, 0.2) is 0 Å². The zero-order valence-corrected chi connectivity index (χ0v) is 5.12. The van der Waals surface area contributed by atoms with Gasteiger partial charge in [-0.3, -0.25) is 0 Å². The van der Waals surface area contributed by atoms with Crippen LogP contribution in [0.25, 0.3) is 0 Å². The summed E-state index contributed by atoms with van der Waals surface area (Å²) in [6.45, 7) is 3.73. The monoisotopic (exact) mass is 117 g/mol. The number of halogens is 1. The molecule has 1 heteroatoms. The summed E-state index contributed by atoms with van der Waals surface area (Å²) < 4.78 is 0. The predicted octanol–water partition coefficient (Wildman–Crippen LogP) is 2.23. The predicted molar refractivity (Wildman–Crippen MR) is 32.3 cm³/mol. The van der Waals surface area contributed by atoms with Gasteiger partial charge in [0.1, 0.15) is 0 Å². The van der Waals surface area contributed by atoms with Crippen molar-refractivity contribution in [1.82, 2.24) is 0 Å². The summed E-state index contributed by atoms with van der Waals surface area (Å²) in [6, 6.07) is 0. The molecule has 0 aromatic carbocycles. The number of hydrogen-bond acceptors (Lipinski definition) is 0. The molecule has 0 aliphatic heterocycles. The van der Waals surface area contributed by atoms with E-state index in [1.165, 1.54) is 19.3 Å². The zero-order chi connectivity index (χ0) is 5.28. The van der Waals surface area contributed by atoms with E-state index in [0.29, 0.717) is 0 Å². The van der Waals surface area contributed by atoms with Crippen molar-refractivity contribution >= 4 is 11.6 Å². The second-order valence-corrected chi connectivity index (χ2v) is 2.77. The van der Waals surface area contributed by atoms with Gasteiger partial charge in [0.25, 0.3) is 0 Å². The van der Waals surface area contributed by atoms with Gasteiger partial charge in [-0.1, -0.05) is 6.42 Å². The molecule has 0 aromatic heterocycles. The summed E-state index contributed by atoms with van der Waals surface area (Å²) in [5, 5.41) is 0.175. The molecule has 0 amide bonds. The van der Waals surface area contributed by atoms with Crippen LogP contribution in [0.3, 0.4) is 0 Å². The van der Waals surface area contributed by atoms with E-state index < -0.39 is 0 Å². The minimum atomic E-state index is 0.175. The Bertz CT molecular complexity index is 55.2. The lowest BCUT2D eigenvalue weighted by molar-refractivity contribution is 0.323. The van der Waals surface area contributed by atoms with Crippen LogP contribution in [0.4, 0.5) is 0 Å². The summed E-state index contributed by atoms with van der Waals surface area (Å²) >= 11 is 5.67. The third-order valence-corrected chi connectivity index (χ3v) is 2.02. The van der Waals surface area contributed by atoms with Gasteiger partial charge in [-0.2, -0.15) is 0 Å². The number of alkyl halides is 1. The molecule has 1 atom stereocenters. The van der Waals surface area contributed by atoms with Gasteiger partial charge >= 0.3 is 0 Å². The molecular formula is C6H10Cl. The zero-order valence-electron chi connectivity index (χ0n) is 4.36. The molecule has 0 nitrogen and oxygen atoms in total. The highest BCUT2D eigenvalue weighted by Crippen LogP contribution is 2.31. The van der Waals surface area contributed by atoms with Crippen LogP contribution >= 0.6 is 11.6 Å². The number of hydrogen-bond donors (Lipinski definition) is 0. The summed E-state index contributed by atoms with van der Waals surface area (Å²) in [7, 11) is 0. The average molecular weight is 118 g/mol. The minimum absolute atomic E-state index is 0.175. The van der Waals surface area contributed by atoms with E-state index in [-0.39, 0.29) is 5.38 Å². The normalized spacial score (nSPS) is 26.6. The molecule has 1 aliphatic rings. The molecule has 1 aliphatic carbocycles. The van der Waals surface area contributed by atoms with Crippen molar-refractivity contribution in [1.29, 1.82) is 0 Å². The molecule has 0 N–H and O–H groups in total. The quantitative estimate of drug-likeness (QED) is 0.462. The van der Waals surface area contributed by atoms with Crippen LogP contribution < -0.4 is 0 Å². The second kappa shape index (κ2) is 2.04. The van der Waals surface area contributed by atoms with Crippen molar-refractivity contribution in [2.24, 2.45) is 5.92 Å². The lowest BCUT2D eigenvalue weighted by Crippen LogP contribution is -2.19. The molecule has 0 spiro atoms. The first kappa shape index (κ1) is 5.43. The number of rotatable bonds is 1. The largest absolute Gasteiger partial charge is 0.123 e. The fraction of sp³-hybridized carbons (Fsp3) is 0.833. The standard InChI is InChI=1S/C6H10Cl/c1-5(7)6-3-2-4-6/h5-6H,1-4H2. The Labute approximate surface area is 49.9 Å². The Kier molecular flexibility index (Phi) is 1.58. The van der Waals surface area contributed by atoms with Crippen molar-refractivity contribution in [2.45, 2.75) is 24.6 Å². The fourth-order valence-electron chi connectivity index (χ4n) is 0.802. The van der Waals surface area contributed by atoms with Gasteiger partial charge in [0.05, 0.1) is 0 Å². The molecule has 1 fully saturated rings. The lowest BCUT2D eigenvalue weighted by Gasteiger charge is -2.27. The van der Waals surface area contributed by atoms with E-state index in [4.69, 9.17) is 11.6 Å². The van der Waals surface area contributed by atoms with Gasteiger partial charge in [0, 0.05) is 5.38 Å². The molecule has 1 saturated carbocycles. The van der Waals surface area contributed by atoms with Crippen LogP contribution in [-0.4, -0.2) is 5.38 Å². The first-order chi connectivity index (χ1) is 3.30. The first-order valence-electron chi connectivity index (χ1n) is 2.78. The third-order valence-electron chi connectivity index (χ3n) is 1.66. The van der Waals surface area contributed by atoms with E-state index >= 15 is 0 Å². The summed E-state index contributed by atoms with van der Waals surface area (Å²) in [4.78, 5) is 0. The van der Waals surface area contributed by atoms with Gasteiger partial charge in [0.2, 0.25) is 0 Å². The van der Waals surface area contributed by atoms with Crippen molar-refractivity contribution in [3.05, 3.63) is 6.92 Å². The molecule has 0 aromatic rings. The maximum Gasteiger partial charge on any atom is 0.0364 e. The SMILES string of the molecule is [CH2]C(Cl)C1CCC1. The molecule has 1 unspecified atom stereocenters. The van der Waals surface area contributed by atoms with Gasteiger partial charge in [-0.25, -0.2) is 0 Å². The highest BCUT2D eigenvalue weighted by molar-refractivity contribution is 6.21. The molecule has 41 valence electrons. The van der Waals surface area contributed by atoms with Crippen LogP contribution in [0.2, 0.25) is 0 Å². The summed E-state index contributed by atoms with van der Waals surface area (Å²) in [6.07, 6.45) is 3.97. The van der Waals surface area contributed by atoms with Gasteiger partial charge < -0.3 is 0 Å². The molecule has 0 heterocycles. The highest BCUT2D eigenvalue weighted by Gasteiger charge is 2.21. The van der Waals surface area contributed by atoms with E-state index in [1.54, 1.807) is 0 Å². The molecule has 0 bridgehead atoms. The highest BCUT2D eigenvalue weighted by atomic mass is 35.5.